The second-order valence-corrected chi connectivity index (χ2v) is 4.87. The van der Waals surface area contributed by atoms with E-state index in [1.807, 2.05) is 24.3 Å². The summed E-state index contributed by atoms with van der Waals surface area (Å²) in [6.45, 7) is 0.658. The SMILES string of the molecule is O[C@@H]1CCc2cc(OCCc3ccncc3)ccc21. The monoisotopic (exact) mass is 255 g/mol. The van der Waals surface area contributed by atoms with Crippen LogP contribution in [0.4, 0.5) is 0 Å². The molecule has 1 atom stereocenters. The van der Waals surface area contributed by atoms with E-state index in [-0.39, 0.29) is 6.10 Å². The first-order valence-corrected chi connectivity index (χ1v) is 6.65. The summed E-state index contributed by atoms with van der Waals surface area (Å²) in [7, 11) is 0. The molecule has 1 aromatic carbocycles. The topological polar surface area (TPSA) is 42.4 Å². The van der Waals surface area contributed by atoms with Crippen molar-refractivity contribution in [1.82, 2.24) is 4.98 Å². The van der Waals surface area contributed by atoms with E-state index in [1.165, 1.54) is 11.1 Å². The molecule has 0 unspecified atom stereocenters. The Morgan fingerprint density at radius 3 is 2.89 bits per heavy atom. The van der Waals surface area contributed by atoms with Gasteiger partial charge in [-0.05, 0) is 53.8 Å². The molecule has 1 heterocycles. The lowest BCUT2D eigenvalue weighted by atomic mass is 10.1. The van der Waals surface area contributed by atoms with E-state index in [9.17, 15) is 5.11 Å². The second kappa shape index (κ2) is 5.41. The van der Waals surface area contributed by atoms with E-state index in [1.54, 1.807) is 12.4 Å². The van der Waals surface area contributed by atoms with Crippen molar-refractivity contribution in [1.29, 1.82) is 0 Å². The van der Waals surface area contributed by atoms with Crippen molar-refractivity contribution in [3.8, 4) is 5.75 Å². The summed E-state index contributed by atoms with van der Waals surface area (Å²) >= 11 is 0. The summed E-state index contributed by atoms with van der Waals surface area (Å²) in [5.41, 5.74) is 3.50. The van der Waals surface area contributed by atoms with Crippen LogP contribution >= 0.6 is 0 Å². The number of aliphatic hydroxyl groups excluding tert-OH is 1. The lowest BCUT2D eigenvalue weighted by Gasteiger charge is -2.09. The highest BCUT2D eigenvalue weighted by Gasteiger charge is 2.20. The molecule has 0 saturated heterocycles. The number of ether oxygens (including phenoxy) is 1. The van der Waals surface area contributed by atoms with Gasteiger partial charge in [-0.15, -0.1) is 0 Å². The molecule has 19 heavy (non-hydrogen) atoms. The zero-order chi connectivity index (χ0) is 13.1. The molecular weight excluding hydrogens is 238 g/mol. The highest BCUT2D eigenvalue weighted by atomic mass is 16.5. The fraction of sp³-hybridized carbons (Fsp3) is 0.312. The van der Waals surface area contributed by atoms with Gasteiger partial charge in [0.1, 0.15) is 5.75 Å². The quantitative estimate of drug-likeness (QED) is 0.913. The van der Waals surface area contributed by atoms with Gasteiger partial charge in [0.05, 0.1) is 12.7 Å². The molecule has 0 spiro atoms. The van der Waals surface area contributed by atoms with Crippen LogP contribution < -0.4 is 4.74 Å². The number of aromatic nitrogens is 1. The molecule has 3 heteroatoms. The van der Waals surface area contributed by atoms with Gasteiger partial charge in [0.15, 0.2) is 0 Å². The lowest BCUT2D eigenvalue weighted by Crippen LogP contribution is -2.02. The lowest BCUT2D eigenvalue weighted by molar-refractivity contribution is 0.180. The summed E-state index contributed by atoms with van der Waals surface area (Å²) < 4.78 is 5.77. The Morgan fingerprint density at radius 2 is 2.05 bits per heavy atom. The van der Waals surface area contributed by atoms with E-state index >= 15 is 0 Å². The Bertz CT molecular complexity index is 554. The number of hydrogen-bond donors (Lipinski definition) is 1. The van der Waals surface area contributed by atoms with E-state index in [0.29, 0.717) is 6.61 Å². The zero-order valence-electron chi connectivity index (χ0n) is 10.7. The Hall–Kier alpha value is -1.87. The van der Waals surface area contributed by atoms with Crippen LogP contribution in [-0.2, 0) is 12.8 Å². The van der Waals surface area contributed by atoms with Crippen molar-refractivity contribution in [2.24, 2.45) is 0 Å². The standard InChI is InChI=1S/C16H17NO2/c18-16-4-1-13-11-14(2-3-15(13)16)19-10-7-12-5-8-17-9-6-12/h2-3,5-6,8-9,11,16,18H,1,4,7,10H2/t16-/m1/s1. The number of hydrogen-bond acceptors (Lipinski definition) is 3. The van der Waals surface area contributed by atoms with Gasteiger partial charge in [-0.1, -0.05) is 6.07 Å². The van der Waals surface area contributed by atoms with Gasteiger partial charge in [0.25, 0.3) is 0 Å². The Balaban J connectivity index is 1.59. The van der Waals surface area contributed by atoms with Crippen LogP contribution in [0.3, 0.4) is 0 Å². The Morgan fingerprint density at radius 1 is 1.21 bits per heavy atom. The van der Waals surface area contributed by atoms with E-state index < -0.39 is 0 Å². The van der Waals surface area contributed by atoms with Gasteiger partial charge >= 0.3 is 0 Å². The number of benzene rings is 1. The van der Waals surface area contributed by atoms with Gasteiger partial charge in [0.2, 0.25) is 0 Å². The Labute approximate surface area is 112 Å². The van der Waals surface area contributed by atoms with Crippen LogP contribution in [0.25, 0.3) is 0 Å². The predicted octanol–water partition coefficient (Wildman–Crippen LogP) is 2.68. The first kappa shape index (κ1) is 12.2. The molecule has 1 aromatic heterocycles. The zero-order valence-corrected chi connectivity index (χ0v) is 10.7. The normalized spacial score (nSPS) is 17.2. The minimum absolute atomic E-state index is 0.291. The van der Waals surface area contributed by atoms with Crippen LogP contribution in [0.1, 0.15) is 29.2 Å². The third-order valence-electron chi connectivity index (χ3n) is 3.57. The van der Waals surface area contributed by atoms with Crippen LogP contribution in [0, 0.1) is 0 Å². The Kier molecular flexibility index (Phi) is 3.47. The molecule has 0 radical (unpaired) electrons. The van der Waals surface area contributed by atoms with Crippen LogP contribution in [0.5, 0.6) is 5.75 Å². The van der Waals surface area contributed by atoms with Gasteiger partial charge in [0, 0.05) is 18.8 Å². The second-order valence-electron chi connectivity index (χ2n) is 4.87. The number of nitrogens with zero attached hydrogens (tertiary/aromatic N) is 1. The molecule has 3 nitrogen and oxygen atoms in total. The average molecular weight is 255 g/mol. The molecule has 0 amide bonds. The van der Waals surface area contributed by atoms with Gasteiger partial charge in [-0.3, -0.25) is 4.98 Å². The van der Waals surface area contributed by atoms with E-state index in [2.05, 4.69) is 11.1 Å². The van der Waals surface area contributed by atoms with Gasteiger partial charge in [-0.25, -0.2) is 0 Å². The van der Waals surface area contributed by atoms with Crippen molar-refractivity contribution >= 4 is 0 Å². The summed E-state index contributed by atoms with van der Waals surface area (Å²) in [4.78, 5) is 3.99. The molecular formula is C16H17NO2. The number of aliphatic hydroxyl groups is 1. The molecule has 1 N–H and O–H groups in total. The number of fused-ring (bicyclic) bond motifs is 1. The largest absolute Gasteiger partial charge is 0.493 e. The molecule has 98 valence electrons. The number of aryl methyl sites for hydroxylation is 1. The van der Waals surface area contributed by atoms with Crippen molar-refractivity contribution in [2.75, 3.05) is 6.61 Å². The van der Waals surface area contributed by atoms with Gasteiger partial charge in [-0.2, -0.15) is 0 Å². The van der Waals surface area contributed by atoms with E-state index in [4.69, 9.17) is 4.74 Å². The third kappa shape index (κ3) is 2.76. The van der Waals surface area contributed by atoms with Crippen molar-refractivity contribution in [2.45, 2.75) is 25.4 Å². The summed E-state index contributed by atoms with van der Waals surface area (Å²) in [5.74, 6) is 0.891. The van der Waals surface area contributed by atoms with Gasteiger partial charge < -0.3 is 9.84 Å². The maximum atomic E-state index is 9.75. The van der Waals surface area contributed by atoms with Crippen molar-refractivity contribution < 1.29 is 9.84 Å². The molecule has 0 aliphatic heterocycles. The van der Waals surface area contributed by atoms with Crippen molar-refractivity contribution in [3.05, 3.63) is 59.4 Å². The molecule has 0 fully saturated rings. The summed E-state index contributed by atoms with van der Waals surface area (Å²) in [6, 6.07) is 9.98. The van der Waals surface area contributed by atoms with Crippen molar-refractivity contribution in [3.63, 3.8) is 0 Å². The maximum absolute atomic E-state index is 9.75. The average Bonchev–Trinajstić information content (AvgIpc) is 2.81. The molecule has 3 rings (SSSR count). The van der Waals surface area contributed by atoms with E-state index in [0.717, 1.165) is 30.6 Å². The molecule has 2 aromatic rings. The first-order valence-electron chi connectivity index (χ1n) is 6.65. The number of rotatable bonds is 4. The smallest absolute Gasteiger partial charge is 0.119 e. The van der Waals surface area contributed by atoms with Crippen LogP contribution in [-0.4, -0.2) is 16.7 Å². The molecule has 1 aliphatic carbocycles. The summed E-state index contributed by atoms with van der Waals surface area (Å²) in [5, 5.41) is 9.75. The fourth-order valence-corrected chi connectivity index (χ4v) is 2.50. The first-order chi connectivity index (χ1) is 9.33. The maximum Gasteiger partial charge on any atom is 0.119 e. The minimum Gasteiger partial charge on any atom is -0.493 e. The highest BCUT2D eigenvalue weighted by Crippen LogP contribution is 2.33. The fourth-order valence-electron chi connectivity index (χ4n) is 2.50. The molecule has 0 saturated carbocycles. The van der Waals surface area contributed by atoms with Crippen LogP contribution in [0.2, 0.25) is 0 Å². The number of pyridine rings is 1. The summed E-state index contributed by atoms with van der Waals surface area (Å²) in [6.07, 6.45) is 5.95. The molecule has 1 aliphatic rings. The predicted molar refractivity (Wildman–Crippen MR) is 73.2 cm³/mol. The minimum atomic E-state index is -0.291. The highest BCUT2D eigenvalue weighted by molar-refractivity contribution is 5.39. The van der Waals surface area contributed by atoms with Crippen LogP contribution in [0.15, 0.2) is 42.7 Å². The molecule has 0 bridgehead atoms. The third-order valence-corrected chi connectivity index (χ3v) is 3.57.